The lowest BCUT2D eigenvalue weighted by molar-refractivity contribution is -0.127. The zero-order valence-electron chi connectivity index (χ0n) is 13.8. The highest BCUT2D eigenvalue weighted by atomic mass is 35.5. The quantitative estimate of drug-likeness (QED) is 0.791. The van der Waals surface area contributed by atoms with E-state index in [0.717, 1.165) is 77.8 Å². The lowest BCUT2D eigenvalue weighted by atomic mass is 9.95. The summed E-state index contributed by atoms with van der Waals surface area (Å²) in [4.78, 5) is 28.6. The van der Waals surface area contributed by atoms with E-state index in [1.54, 1.807) is 0 Å². The van der Waals surface area contributed by atoms with Gasteiger partial charge in [-0.2, -0.15) is 0 Å². The molecule has 0 aliphatic carbocycles. The Bertz CT molecular complexity index is 401. The van der Waals surface area contributed by atoms with Gasteiger partial charge in [-0.15, -0.1) is 12.4 Å². The van der Waals surface area contributed by atoms with E-state index in [9.17, 15) is 9.59 Å². The van der Waals surface area contributed by atoms with Crippen LogP contribution in [0.1, 0.15) is 38.5 Å². The maximum atomic E-state index is 12.3. The molecule has 3 aliphatic heterocycles. The number of rotatable bonds is 2. The summed E-state index contributed by atoms with van der Waals surface area (Å²) >= 11 is 0. The van der Waals surface area contributed by atoms with Gasteiger partial charge in [0.05, 0.1) is 0 Å². The van der Waals surface area contributed by atoms with Crippen molar-refractivity contribution in [2.45, 2.75) is 44.6 Å². The summed E-state index contributed by atoms with van der Waals surface area (Å²) in [7, 11) is 0. The molecule has 6 nitrogen and oxygen atoms in total. The third kappa shape index (κ3) is 4.73. The Balaban J connectivity index is 0.00000192. The van der Waals surface area contributed by atoms with Crippen LogP contribution in [0.2, 0.25) is 0 Å². The lowest BCUT2D eigenvalue weighted by Gasteiger charge is -2.34. The third-order valence-electron chi connectivity index (χ3n) is 5.16. The van der Waals surface area contributed by atoms with E-state index in [-0.39, 0.29) is 36.3 Å². The molecular formula is C16H29ClN4O2. The number of hydrogen-bond donors (Lipinski definition) is 2. The summed E-state index contributed by atoms with van der Waals surface area (Å²) in [5.41, 5.74) is 0. The molecule has 3 fully saturated rings. The van der Waals surface area contributed by atoms with Gasteiger partial charge in [-0.05, 0) is 45.1 Å². The Hall–Kier alpha value is -1.01. The van der Waals surface area contributed by atoms with Gasteiger partial charge in [0.2, 0.25) is 5.91 Å². The molecular weight excluding hydrogens is 316 g/mol. The van der Waals surface area contributed by atoms with Crippen LogP contribution in [0.25, 0.3) is 0 Å². The zero-order chi connectivity index (χ0) is 15.4. The van der Waals surface area contributed by atoms with Crippen LogP contribution in [0.4, 0.5) is 4.79 Å². The predicted octanol–water partition coefficient (Wildman–Crippen LogP) is 1.20. The number of piperidine rings is 2. The van der Waals surface area contributed by atoms with Crippen LogP contribution < -0.4 is 10.6 Å². The molecule has 3 saturated heterocycles. The number of likely N-dealkylation sites (tertiary alicyclic amines) is 2. The molecule has 23 heavy (non-hydrogen) atoms. The molecule has 1 atom stereocenters. The van der Waals surface area contributed by atoms with Crippen molar-refractivity contribution in [1.29, 1.82) is 0 Å². The molecule has 3 rings (SSSR count). The van der Waals surface area contributed by atoms with E-state index in [4.69, 9.17) is 0 Å². The van der Waals surface area contributed by atoms with Gasteiger partial charge < -0.3 is 20.4 Å². The first-order valence-electron chi connectivity index (χ1n) is 8.79. The van der Waals surface area contributed by atoms with Crippen molar-refractivity contribution in [3.05, 3.63) is 0 Å². The van der Waals surface area contributed by atoms with E-state index in [1.807, 2.05) is 9.80 Å². The number of nitrogens with zero attached hydrogens (tertiary/aromatic N) is 2. The van der Waals surface area contributed by atoms with Gasteiger partial charge in [0.25, 0.3) is 0 Å². The molecule has 3 amide bonds. The largest absolute Gasteiger partial charge is 0.352 e. The number of halogens is 1. The molecule has 0 radical (unpaired) electrons. The summed E-state index contributed by atoms with van der Waals surface area (Å²) in [5.74, 6) is 0.256. The average molecular weight is 345 g/mol. The summed E-state index contributed by atoms with van der Waals surface area (Å²) in [6.07, 6.45) is 6.05. The van der Waals surface area contributed by atoms with Crippen molar-refractivity contribution < 1.29 is 9.59 Å². The Kier molecular flexibility index (Phi) is 6.96. The monoisotopic (exact) mass is 344 g/mol. The Morgan fingerprint density at radius 1 is 0.913 bits per heavy atom. The first-order chi connectivity index (χ1) is 10.7. The molecule has 3 heterocycles. The normalized spacial score (nSPS) is 25.8. The van der Waals surface area contributed by atoms with Crippen molar-refractivity contribution in [2.75, 3.05) is 39.3 Å². The second-order valence-electron chi connectivity index (χ2n) is 6.79. The smallest absolute Gasteiger partial charge is 0.319 e. The van der Waals surface area contributed by atoms with Crippen molar-refractivity contribution >= 4 is 24.3 Å². The number of nitrogens with one attached hydrogen (secondary N) is 2. The van der Waals surface area contributed by atoms with Gasteiger partial charge in [0.15, 0.2) is 0 Å². The molecule has 1 unspecified atom stereocenters. The van der Waals surface area contributed by atoms with Gasteiger partial charge in [-0.25, -0.2) is 4.79 Å². The maximum absolute atomic E-state index is 12.3. The molecule has 132 valence electrons. The van der Waals surface area contributed by atoms with E-state index in [1.165, 1.54) is 0 Å². The van der Waals surface area contributed by atoms with Gasteiger partial charge in [0, 0.05) is 44.7 Å². The van der Waals surface area contributed by atoms with Crippen LogP contribution >= 0.6 is 12.4 Å². The van der Waals surface area contributed by atoms with Crippen molar-refractivity contribution in [3.8, 4) is 0 Å². The minimum absolute atomic E-state index is 0. The lowest BCUT2D eigenvalue weighted by Crippen LogP contribution is -2.51. The van der Waals surface area contributed by atoms with E-state index >= 15 is 0 Å². The number of amides is 3. The number of hydrogen-bond acceptors (Lipinski definition) is 3. The molecule has 0 spiro atoms. The van der Waals surface area contributed by atoms with Crippen LogP contribution in [0.15, 0.2) is 0 Å². The Labute approximate surface area is 144 Å². The predicted molar refractivity (Wildman–Crippen MR) is 91.8 cm³/mol. The fourth-order valence-electron chi connectivity index (χ4n) is 3.74. The maximum Gasteiger partial charge on any atom is 0.319 e. The number of urea groups is 1. The highest BCUT2D eigenvalue weighted by Crippen LogP contribution is 2.20. The van der Waals surface area contributed by atoms with Crippen LogP contribution in [0, 0.1) is 5.92 Å². The van der Waals surface area contributed by atoms with Gasteiger partial charge in [0.1, 0.15) is 0 Å². The highest BCUT2D eigenvalue weighted by Gasteiger charge is 2.31. The van der Waals surface area contributed by atoms with Crippen molar-refractivity contribution in [3.63, 3.8) is 0 Å². The van der Waals surface area contributed by atoms with Gasteiger partial charge in [-0.3, -0.25) is 4.79 Å². The average Bonchev–Trinajstić information content (AvgIpc) is 3.10. The Morgan fingerprint density at radius 3 is 2.17 bits per heavy atom. The molecule has 3 aliphatic rings. The van der Waals surface area contributed by atoms with Crippen molar-refractivity contribution in [2.24, 2.45) is 5.92 Å². The first kappa shape index (κ1) is 18.3. The van der Waals surface area contributed by atoms with Crippen LogP contribution in [-0.4, -0.2) is 67.0 Å². The van der Waals surface area contributed by atoms with E-state index < -0.39 is 0 Å². The molecule has 2 N–H and O–H groups in total. The number of carbonyl (C=O) groups excluding carboxylic acids is 2. The summed E-state index contributed by atoms with van der Waals surface area (Å²) in [6.45, 7) is 5.18. The topological polar surface area (TPSA) is 64.7 Å². The SMILES string of the molecule is Cl.O=C(NC1CCCNC1)C1CCN(C(=O)N2CCCC2)CC1. The molecule has 0 aromatic carbocycles. The van der Waals surface area contributed by atoms with Gasteiger partial charge >= 0.3 is 6.03 Å². The fraction of sp³-hybridized carbons (Fsp3) is 0.875. The van der Waals surface area contributed by atoms with E-state index in [0.29, 0.717) is 0 Å². The second-order valence-corrected chi connectivity index (χ2v) is 6.79. The zero-order valence-corrected chi connectivity index (χ0v) is 14.6. The van der Waals surface area contributed by atoms with Crippen LogP contribution in [-0.2, 0) is 4.79 Å². The summed E-state index contributed by atoms with van der Waals surface area (Å²) in [6, 6.07) is 0.457. The van der Waals surface area contributed by atoms with Crippen LogP contribution in [0.5, 0.6) is 0 Å². The summed E-state index contributed by atoms with van der Waals surface area (Å²) < 4.78 is 0. The molecule has 0 saturated carbocycles. The molecule has 0 aromatic rings. The highest BCUT2D eigenvalue weighted by molar-refractivity contribution is 5.85. The van der Waals surface area contributed by atoms with Crippen molar-refractivity contribution in [1.82, 2.24) is 20.4 Å². The summed E-state index contributed by atoms with van der Waals surface area (Å²) in [5, 5.41) is 6.50. The van der Waals surface area contributed by atoms with E-state index in [2.05, 4.69) is 10.6 Å². The second kappa shape index (κ2) is 8.73. The molecule has 7 heteroatoms. The van der Waals surface area contributed by atoms with Crippen LogP contribution in [0.3, 0.4) is 0 Å². The minimum Gasteiger partial charge on any atom is -0.352 e. The number of carbonyl (C=O) groups is 2. The standard InChI is InChI=1S/C16H28N4O2.ClH/c21-15(18-14-4-3-7-17-12-14)13-5-10-20(11-6-13)16(22)19-8-1-2-9-19;/h13-14,17H,1-12H2,(H,18,21);1H. The first-order valence-corrected chi connectivity index (χ1v) is 8.79. The fourth-order valence-corrected chi connectivity index (χ4v) is 3.74. The molecule has 0 bridgehead atoms. The molecule has 0 aromatic heterocycles. The minimum atomic E-state index is 0. The van der Waals surface area contributed by atoms with Gasteiger partial charge in [-0.1, -0.05) is 0 Å². The third-order valence-corrected chi connectivity index (χ3v) is 5.16. The Morgan fingerprint density at radius 2 is 1.57 bits per heavy atom.